The topological polar surface area (TPSA) is 58.6 Å². The highest BCUT2D eigenvalue weighted by atomic mass is 32.2. The van der Waals surface area contributed by atoms with E-state index in [1.54, 1.807) is 0 Å². The third kappa shape index (κ3) is 4.18. The molecular formula is C15H28N2O3S. The molecule has 0 aromatic carbocycles. The normalized spacial score (nSPS) is 31.6. The lowest BCUT2D eigenvalue weighted by molar-refractivity contribution is -0.00538. The molecule has 0 radical (unpaired) electrons. The van der Waals surface area contributed by atoms with Gasteiger partial charge in [0.15, 0.2) is 9.84 Å². The van der Waals surface area contributed by atoms with E-state index < -0.39 is 9.84 Å². The van der Waals surface area contributed by atoms with Gasteiger partial charge in [-0.3, -0.25) is 0 Å². The van der Waals surface area contributed by atoms with Gasteiger partial charge in [0.2, 0.25) is 0 Å². The standard InChI is InChI=1S/C15H28N2O3S/c1-17(14-4-9-21(18,19)10-14)12-15(5-7-20-8-6-15)11-16-13-2-3-13/h13-14,16H,2-12H2,1H3. The summed E-state index contributed by atoms with van der Waals surface area (Å²) in [4.78, 5) is 2.30. The van der Waals surface area contributed by atoms with Crippen molar-refractivity contribution >= 4 is 9.84 Å². The minimum Gasteiger partial charge on any atom is -0.381 e. The van der Waals surface area contributed by atoms with Crippen LogP contribution in [0.3, 0.4) is 0 Å². The lowest BCUT2D eigenvalue weighted by Crippen LogP contribution is -2.49. The van der Waals surface area contributed by atoms with Crippen molar-refractivity contribution in [1.29, 1.82) is 0 Å². The van der Waals surface area contributed by atoms with Crippen LogP contribution in [0.25, 0.3) is 0 Å². The maximum absolute atomic E-state index is 11.7. The van der Waals surface area contributed by atoms with E-state index in [-0.39, 0.29) is 11.5 Å². The van der Waals surface area contributed by atoms with Crippen LogP contribution in [0.15, 0.2) is 0 Å². The van der Waals surface area contributed by atoms with Crippen LogP contribution in [0.2, 0.25) is 0 Å². The van der Waals surface area contributed by atoms with Crippen molar-refractivity contribution in [1.82, 2.24) is 10.2 Å². The van der Waals surface area contributed by atoms with Gasteiger partial charge in [-0.15, -0.1) is 0 Å². The van der Waals surface area contributed by atoms with Crippen LogP contribution < -0.4 is 5.32 Å². The summed E-state index contributed by atoms with van der Waals surface area (Å²) in [5.41, 5.74) is 0.252. The average molecular weight is 316 g/mol. The Balaban J connectivity index is 1.59. The monoisotopic (exact) mass is 316 g/mol. The molecule has 0 aromatic heterocycles. The van der Waals surface area contributed by atoms with Gasteiger partial charge < -0.3 is 15.0 Å². The van der Waals surface area contributed by atoms with Gasteiger partial charge in [-0.05, 0) is 44.6 Å². The number of hydrogen-bond donors (Lipinski definition) is 1. The molecule has 1 unspecified atom stereocenters. The first kappa shape index (κ1) is 15.7. The highest BCUT2D eigenvalue weighted by Crippen LogP contribution is 2.33. The molecule has 1 N–H and O–H groups in total. The summed E-state index contributed by atoms with van der Waals surface area (Å²) in [5.74, 6) is 0.699. The van der Waals surface area contributed by atoms with Gasteiger partial charge in [0.05, 0.1) is 11.5 Å². The summed E-state index contributed by atoms with van der Waals surface area (Å²) >= 11 is 0. The van der Waals surface area contributed by atoms with E-state index in [9.17, 15) is 8.42 Å². The Bertz CT molecular complexity index is 456. The van der Waals surface area contributed by atoms with Gasteiger partial charge in [0.1, 0.15) is 0 Å². The first-order valence-electron chi connectivity index (χ1n) is 8.20. The van der Waals surface area contributed by atoms with Crippen LogP contribution in [0, 0.1) is 5.41 Å². The van der Waals surface area contributed by atoms with Crippen LogP contribution >= 0.6 is 0 Å². The van der Waals surface area contributed by atoms with Crippen LogP contribution in [0.1, 0.15) is 32.1 Å². The largest absolute Gasteiger partial charge is 0.381 e. The van der Waals surface area contributed by atoms with E-state index >= 15 is 0 Å². The van der Waals surface area contributed by atoms with Gasteiger partial charge in [-0.1, -0.05) is 0 Å². The van der Waals surface area contributed by atoms with E-state index in [1.165, 1.54) is 12.8 Å². The molecule has 0 spiro atoms. The molecule has 2 saturated heterocycles. The molecular weight excluding hydrogens is 288 g/mol. The smallest absolute Gasteiger partial charge is 0.151 e. The second kappa shape index (κ2) is 6.14. The fourth-order valence-corrected chi connectivity index (χ4v) is 5.43. The molecule has 3 fully saturated rings. The Labute approximate surface area is 128 Å². The molecule has 1 atom stereocenters. The summed E-state index contributed by atoms with van der Waals surface area (Å²) < 4.78 is 28.9. The predicted molar refractivity (Wildman–Crippen MR) is 83.2 cm³/mol. The number of nitrogens with zero attached hydrogens (tertiary/aromatic N) is 1. The Kier molecular flexibility index (Phi) is 4.60. The summed E-state index contributed by atoms with van der Waals surface area (Å²) in [6, 6.07) is 0.928. The highest BCUT2D eigenvalue weighted by Gasteiger charge is 2.38. The predicted octanol–water partition coefficient (Wildman–Crippen LogP) is 0.654. The van der Waals surface area contributed by atoms with E-state index in [4.69, 9.17) is 4.74 Å². The molecule has 3 rings (SSSR count). The summed E-state index contributed by atoms with van der Waals surface area (Å²) in [6.07, 6.45) is 5.57. The molecule has 21 heavy (non-hydrogen) atoms. The Morgan fingerprint density at radius 3 is 2.52 bits per heavy atom. The molecule has 0 bridgehead atoms. The van der Waals surface area contributed by atoms with Crippen molar-refractivity contribution in [2.45, 2.75) is 44.2 Å². The van der Waals surface area contributed by atoms with E-state index in [2.05, 4.69) is 17.3 Å². The molecule has 122 valence electrons. The second-order valence-electron chi connectivity index (χ2n) is 7.24. The Morgan fingerprint density at radius 1 is 1.24 bits per heavy atom. The molecule has 3 aliphatic rings. The number of hydrogen-bond acceptors (Lipinski definition) is 5. The zero-order valence-electron chi connectivity index (χ0n) is 13.0. The van der Waals surface area contributed by atoms with Gasteiger partial charge in [-0.25, -0.2) is 8.42 Å². The van der Waals surface area contributed by atoms with E-state index in [0.29, 0.717) is 11.5 Å². The fourth-order valence-electron chi connectivity index (χ4n) is 3.62. The molecule has 1 saturated carbocycles. The number of rotatable bonds is 6. The Morgan fingerprint density at radius 2 is 1.95 bits per heavy atom. The molecule has 5 nitrogen and oxygen atoms in total. The number of ether oxygens (including phenoxy) is 1. The van der Waals surface area contributed by atoms with Crippen molar-refractivity contribution in [2.24, 2.45) is 5.41 Å². The van der Waals surface area contributed by atoms with Crippen LogP contribution in [0.5, 0.6) is 0 Å². The van der Waals surface area contributed by atoms with Crippen LogP contribution in [0.4, 0.5) is 0 Å². The molecule has 1 aliphatic carbocycles. The quantitative estimate of drug-likeness (QED) is 0.780. The molecule has 0 amide bonds. The highest BCUT2D eigenvalue weighted by molar-refractivity contribution is 7.91. The lowest BCUT2D eigenvalue weighted by Gasteiger charge is -2.41. The number of nitrogens with one attached hydrogen (secondary N) is 1. The van der Waals surface area contributed by atoms with E-state index in [0.717, 1.165) is 51.6 Å². The maximum atomic E-state index is 11.7. The zero-order valence-corrected chi connectivity index (χ0v) is 13.8. The minimum atomic E-state index is -2.80. The maximum Gasteiger partial charge on any atom is 0.151 e. The van der Waals surface area contributed by atoms with Crippen LogP contribution in [-0.4, -0.2) is 70.3 Å². The van der Waals surface area contributed by atoms with Gasteiger partial charge in [0.25, 0.3) is 0 Å². The lowest BCUT2D eigenvalue weighted by atomic mass is 9.79. The third-order valence-electron chi connectivity index (χ3n) is 5.31. The third-order valence-corrected chi connectivity index (χ3v) is 7.06. The van der Waals surface area contributed by atoms with Crippen LogP contribution in [-0.2, 0) is 14.6 Å². The van der Waals surface area contributed by atoms with Gasteiger partial charge in [-0.2, -0.15) is 0 Å². The van der Waals surface area contributed by atoms with Gasteiger partial charge >= 0.3 is 0 Å². The van der Waals surface area contributed by atoms with Crippen molar-refractivity contribution in [3.63, 3.8) is 0 Å². The van der Waals surface area contributed by atoms with E-state index in [1.807, 2.05) is 0 Å². The molecule has 0 aromatic rings. The Hall–Kier alpha value is -0.170. The van der Waals surface area contributed by atoms with Crippen molar-refractivity contribution in [2.75, 3.05) is 44.9 Å². The first-order chi connectivity index (χ1) is 9.98. The average Bonchev–Trinajstić information content (AvgIpc) is 3.20. The first-order valence-corrected chi connectivity index (χ1v) is 10.0. The zero-order chi connectivity index (χ0) is 14.9. The molecule has 2 aliphatic heterocycles. The fraction of sp³-hybridized carbons (Fsp3) is 1.00. The van der Waals surface area contributed by atoms with Crippen molar-refractivity contribution < 1.29 is 13.2 Å². The molecule has 2 heterocycles. The summed E-state index contributed by atoms with van der Waals surface area (Å²) in [5, 5.41) is 3.68. The minimum absolute atomic E-state index is 0.204. The van der Waals surface area contributed by atoms with Crippen molar-refractivity contribution in [3.8, 4) is 0 Å². The molecule has 6 heteroatoms. The van der Waals surface area contributed by atoms with Crippen molar-refractivity contribution in [3.05, 3.63) is 0 Å². The van der Waals surface area contributed by atoms with Gasteiger partial charge in [0, 0.05) is 38.4 Å². The second-order valence-corrected chi connectivity index (χ2v) is 9.47. The summed E-state index contributed by atoms with van der Waals surface area (Å²) in [7, 11) is -0.702. The summed E-state index contributed by atoms with van der Waals surface area (Å²) in [6.45, 7) is 3.70. The SMILES string of the molecule is CN(CC1(CNC2CC2)CCOCC1)C1CCS(=O)(=O)C1. The number of sulfone groups is 1.